The Morgan fingerprint density at radius 3 is 1.59 bits per heavy atom. The van der Waals surface area contributed by atoms with Crippen molar-refractivity contribution in [1.82, 2.24) is 0 Å². The summed E-state index contributed by atoms with van der Waals surface area (Å²) in [5.41, 5.74) is 11.7. The summed E-state index contributed by atoms with van der Waals surface area (Å²) in [4.78, 5) is 2.47. The molecule has 0 saturated carbocycles. The largest absolute Gasteiger partial charge is 0.313 e. The summed E-state index contributed by atoms with van der Waals surface area (Å²) in [6.07, 6.45) is 6.64. The van der Waals surface area contributed by atoms with E-state index in [4.69, 9.17) is 0 Å². The molecule has 1 heterocycles. The third-order valence-electron chi connectivity index (χ3n) is 6.43. The van der Waals surface area contributed by atoms with E-state index < -0.39 is 0 Å². The van der Waals surface area contributed by atoms with Crippen molar-refractivity contribution in [1.29, 1.82) is 0 Å². The highest BCUT2D eigenvalue weighted by Gasteiger charge is 2.27. The molecule has 0 unspecified atom stereocenters. The Bertz CT molecular complexity index is 1310. The molecule has 2 aliphatic rings. The third-order valence-corrected chi connectivity index (χ3v) is 6.96. The van der Waals surface area contributed by atoms with Gasteiger partial charge in [-0.2, -0.15) is 0 Å². The quantitative estimate of drug-likeness (QED) is 0.279. The van der Waals surface area contributed by atoms with Gasteiger partial charge < -0.3 is 4.90 Å². The van der Waals surface area contributed by atoms with E-state index in [9.17, 15) is 0 Å². The highest BCUT2D eigenvalue weighted by atomic mass is 79.9. The molecule has 32 heavy (non-hydrogen) atoms. The lowest BCUT2D eigenvalue weighted by Crippen LogP contribution is -2.18. The number of nitrogens with zero attached hydrogens (tertiary/aromatic N) is 1. The number of rotatable bonds is 2. The molecular weight excluding hydrogens is 454 g/mol. The van der Waals surface area contributed by atoms with Gasteiger partial charge in [0.1, 0.15) is 0 Å². The highest BCUT2D eigenvalue weighted by molar-refractivity contribution is 9.10. The van der Waals surface area contributed by atoms with Crippen molar-refractivity contribution in [3.05, 3.63) is 125 Å². The molecule has 1 nitrogen and oxygen atoms in total. The molecule has 4 aromatic carbocycles. The van der Waals surface area contributed by atoms with Crippen LogP contribution < -0.4 is 4.90 Å². The van der Waals surface area contributed by atoms with Crippen molar-refractivity contribution < 1.29 is 0 Å². The molecule has 0 amide bonds. The van der Waals surface area contributed by atoms with Crippen molar-refractivity contribution >= 4 is 32.9 Å². The number of anilines is 2. The maximum Gasteiger partial charge on any atom is 0.0537 e. The fraction of sp³-hybridized carbons (Fsp3) is 0.0667. The first kappa shape index (κ1) is 19.3. The van der Waals surface area contributed by atoms with Crippen LogP contribution >= 0.6 is 15.9 Å². The lowest BCUT2D eigenvalue weighted by molar-refractivity contribution is 0.931. The predicted octanol–water partition coefficient (Wildman–Crippen LogP) is 9.00. The van der Waals surface area contributed by atoms with E-state index in [1.807, 2.05) is 0 Å². The van der Waals surface area contributed by atoms with E-state index in [2.05, 4.69) is 130 Å². The van der Waals surface area contributed by atoms with Crippen molar-refractivity contribution in [3.63, 3.8) is 0 Å². The monoisotopic (exact) mass is 475 g/mol. The van der Waals surface area contributed by atoms with E-state index in [-0.39, 0.29) is 0 Å². The first-order valence-corrected chi connectivity index (χ1v) is 11.8. The average molecular weight is 476 g/mol. The second-order valence-electron chi connectivity index (χ2n) is 8.27. The van der Waals surface area contributed by atoms with Gasteiger partial charge in [-0.15, -0.1) is 0 Å². The van der Waals surface area contributed by atoms with Gasteiger partial charge in [-0.25, -0.2) is 0 Å². The fourth-order valence-corrected chi connectivity index (χ4v) is 5.17. The predicted molar refractivity (Wildman–Crippen MR) is 139 cm³/mol. The van der Waals surface area contributed by atoms with Crippen LogP contribution in [0.1, 0.15) is 18.4 Å². The first-order chi connectivity index (χ1) is 15.8. The second kappa shape index (κ2) is 7.96. The van der Waals surface area contributed by atoms with Gasteiger partial charge in [0.15, 0.2) is 0 Å². The van der Waals surface area contributed by atoms with Gasteiger partial charge in [-0.05, 0) is 65.4 Å². The van der Waals surface area contributed by atoms with Gasteiger partial charge >= 0.3 is 0 Å². The molecule has 0 bridgehead atoms. The number of allylic oxidation sites excluding steroid dienone is 4. The smallest absolute Gasteiger partial charge is 0.0537 e. The van der Waals surface area contributed by atoms with Gasteiger partial charge in [-0.1, -0.05) is 94.8 Å². The van der Waals surface area contributed by atoms with Crippen molar-refractivity contribution in [2.75, 3.05) is 4.90 Å². The molecule has 0 saturated heterocycles. The van der Waals surface area contributed by atoms with Gasteiger partial charge in [-0.3, -0.25) is 0 Å². The van der Waals surface area contributed by atoms with E-state index in [1.165, 1.54) is 50.5 Å². The van der Waals surface area contributed by atoms with Crippen LogP contribution in [-0.2, 0) is 0 Å². The minimum Gasteiger partial charge on any atom is -0.313 e. The molecular formula is C30H22BrN. The third kappa shape index (κ3) is 3.23. The minimum absolute atomic E-state index is 1.00. The Labute approximate surface area is 197 Å². The van der Waals surface area contributed by atoms with Crippen molar-refractivity contribution in [2.45, 2.75) is 12.8 Å². The lowest BCUT2D eigenvalue weighted by atomic mass is 9.94. The summed E-state index contributed by atoms with van der Waals surface area (Å²) in [5, 5.41) is 0. The van der Waals surface area contributed by atoms with Gasteiger partial charge in [0.25, 0.3) is 0 Å². The Morgan fingerprint density at radius 1 is 0.531 bits per heavy atom. The number of para-hydroxylation sites is 2. The van der Waals surface area contributed by atoms with E-state index in [0.717, 1.165) is 17.3 Å². The molecule has 1 aliphatic carbocycles. The SMILES string of the molecule is Brc1ccc(C2=CC=C(N3c4ccccc4-c4ccccc4-c4ccccc43)CC2)cc1. The highest BCUT2D eigenvalue weighted by Crippen LogP contribution is 2.49. The van der Waals surface area contributed by atoms with Crippen LogP contribution in [0, 0.1) is 0 Å². The number of halogens is 1. The summed E-state index contributed by atoms with van der Waals surface area (Å²) >= 11 is 3.54. The van der Waals surface area contributed by atoms with Crippen LogP contribution in [0.15, 0.2) is 119 Å². The molecule has 2 heteroatoms. The van der Waals surface area contributed by atoms with E-state index >= 15 is 0 Å². The second-order valence-corrected chi connectivity index (χ2v) is 9.19. The number of hydrogen-bond acceptors (Lipinski definition) is 1. The van der Waals surface area contributed by atoms with Crippen molar-refractivity contribution in [3.8, 4) is 22.3 Å². The summed E-state index contributed by atoms with van der Waals surface area (Å²) in [6.45, 7) is 0. The minimum atomic E-state index is 1.00. The van der Waals surface area contributed by atoms with Crippen LogP contribution in [0.3, 0.4) is 0 Å². The molecule has 0 N–H and O–H groups in total. The molecule has 154 valence electrons. The van der Waals surface area contributed by atoms with Gasteiger partial charge in [0, 0.05) is 21.3 Å². The van der Waals surface area contributed by atoms with Gasteiger partial charge in [0.2, 0.25) is 0 Å². The van der Waals surface area contributed by atoms with Crippen LogP contribution in [0.4, 0.5) is 11.4 Å². The molecule has 0 radical (unpaired) electrons. The zero-order chi connectivity index (χ0) is 21.5. The maximum absolute atomic E-state index is 3.54. The normalized spacial score (nSPS) is 14.5. The van der Waals surface area contributed by atoms with Crippen LogP contribution in [0.5, 0.6) is 0 Å². The van der Waals surface area contributed by atoms with Crippen LogP contribution in [0.2, 0.25) is 0 Å². The summed E-state index contributed by atoms with van der Waals surface area (Å²) in [7, 11) is 0. The molecule has 0 spiro atoms. The molecule has 0 aromatic heterocycles. The zero-order valence-electron chi connectivity index (χ0n) is 17.6. The lowest BCUT2D eigenvalue weighted by Gasteiger charge is -2.31. The molecule has 4 aromatic rings. The van der Waals surface area contributed by atoms with Crippen molar-refractivity contribution in [2.24, 2.45) is 0 Å². The number of benzene rings is 4. The zero-order valence-corrected chi connectivity index (χ0v) is 19.2. The number of fused-ring (bicyclic) bond motifs is 5. The number of hydrogen-bond donors (Lipinski definition) is 0. The Kier molecular flexibility index (Phi) is 4.81. The van der Waals surface area contributed by atoms with E-state index in [1.54, 1.807) is 0 Å². The average Bonchev–Trinajstić information content (AvgIpc) is 2.98. The van der Waals surface area contributed by atoms with Crippen LogP contribution in [-0.4, -0.2) is 0 Å². The Balaban J connectivity index is 1.53. The van der Waals surface area contributed by atoms with Crippen LogP contribution in [0.25, 0.3) is 27.8 Å². The first-order valence-electron chi connectivity index (χ1n) is 11.0. The van der Waals surface area contributed by atoms with E-state index in [0.29, 0.717) is 0 Å². The Morgan fingerprint density at radius 2 is 1.06 bits per heavy atom. The summed E-state index contributed by atoms with van der Waals surface area (Å²) < 4.78 is 1.12. The Hall–Kier alpha value is -3.36. The maximum atomic E-state index is 3.54. The summed E-state index contributed by atoms with van der Waals surface area (Å²) in [6, 6.07) is 35.0. The molecule has 0 fully saturated rings. The fourth-order valence-electron chi connectivity index (χ4n) is 4.90. The van der Waals surface area contributed by atoms with Gasteiger partial charge in [0.05, 0.1) is 11.4 Å². The molecule has 0 atom stereocenters. The summed E-state index contributed by atoms with van der Waals surface area (Å²) in [5.74, 6) is 0. The topological polar surface area (TPSA) is 3.24 Å². The molecule has 6 rings (SSSR count). The standard InChI is InChI=1S/C30H22BrN/c31-23-17-13-21(14-18-23)22-15-19-24(20-16-22)32-29-11-5-3-9-27(29)25-7-1-2-8-26(25)28-10-4-6-12-30(28)32/h1-15,17-19H,16,20H2. The molecule has 1 aliphatic heterocycles.